The Labute approximate surface area is 180 Å². The van der Waals surface area contributed by atoms with Gasteiger partial charge >= 0.3 is 0 Å². The fourth-order valence-electron chi connectivity index (χ4n) is 3.41. The third-order valence-corrected chi connectivity index (χ3v) is 5.94. The number of carbonyl (C=O) groups excluding carboxylic acids is 1. The number of aryl methyl sites for hydroxylation is 1. The lowest BCUT2D eigenvalue weighted by molar-refractivity contribution is -0.113. The number of fused-ring (bicyclic) bond motifs is 1. The summed E-state index contributed by atoms with van der Waals surface area (Å²) in [4.78, 5) is 18.0. The first-order chi connectivity index (χ1) is 14.6. The van der Waals surface area contributed by atoms with Crippen molar-refractivity contribution in [2.24, 2.45) is 0 Å². The van der Waals surface area contributed by atoms with E-state index in [4.69, 9.17) is 4.42 Å². The monoisotopic (exact) mass is 423 g/mol. The summed E-state index contributed by atoms with van der Waals surface area (Å²) >= 11 is 1.62. The highest BCUT2D eigenvalue weighted by Gasteiger charge is 2.36. The third-order valence-electron chi connectivity index (χ3n) is 5.01. The van der Waals surface area contributed by atoms with Gasteiger partial charge in [-0.25, -0.2) is 4.68 Å². The van der Waals surface area contributed by atoms with E-state index in [2.05, 4.69) is 27.6 Å². The number of hydrogen-bond acceptors (Lipinski definition) is 6. The number of unbranched alkanes of at least 4 members (excludes halogenated alkanes) is 1. The normalized spacial score (nSPS) is 15.6. The Morgan fingerprint density at radius 3 is 2.83 bits per heavy atom. The van der Waals surface area contributed by atoms with Crippen LogP contribution < -0.4 is 10.6 Å². The minimum atomic E-state index is -0.492. The fraction of sp³-hybridized carbons (Fsp3) is 0.318. The van der Waals surface area contributed by atoms with Crippen LogP contribution >= 0.6 is 11.8 Å². The molecule has 1 aliphatic heterocycles. The molecule has 4 rings (SSSR count). The highest BCUT2D eigenvalue weighted by atomic mass is 32.2. The van der Waals surface area contributed by atoms with Crippen LogP contribution in [0.1, 0.15) is 44.1 Å². The molecular formula is C22H25N5O2S. The zero-order chi connectivity index (χ0) is 21.1. The molecule has 2 aromatic heterocycles. The Bertz CT molecular complexity index is 1070. The average Bonchev–Trinajstić information content (AvgIpc) is 3.38. The highest BCUT2D eigenvalue weighted by molar-refractivity contribution is 7.99. The Morgan fingerprint density at radius 1 is 1.27 bits per heavy atom. The number of anilines is 2. The van der Waals surface area contributed by atoms with Crippen molar-refractivity contribution in [2.45, 2.75) is 44.8 Å². The summed E-state index contributed by atoms with van der Waals surface area (Å²) in [6, 6.07) is 10.9. The van der Waals surface area contributed by atoms with Gasteiger partial charge < -0.3 is 15.1 Å². The topological polar surface area (TPSA) is 85.0 Å². The molecule has 2 N–H and O–H groups in total. The van der Waals surface area contributed by atoms with Crippen LogP contribution in [0.15, 0.2) is 63.5 Å². The maximum atomic E-state index is 13.3. The van der Waals surface area contributed by atoms with Crippen LogP contribution in [-0.4, -0.2) is 26.4 Å². The number of nitrogens with zero attached hydrogens (tertiary/aromatic N) is 3. The van der Waals surface area contributed by atoms with Crippen molar-refractivity contribution < 1.29 is 9.21 Å². The predicted octanol–water partition coefficient (Wildman–Crippen LogP) is 5.00. The Kier molecular flexibility index (Phi) is 5.94. The van der Waals surface area contributed by atoms with Gasteiger partial charge in [0.2, 0.25) is 11.1 Å². The van der Waals surface area contributed by atoms with Gasteiger partial charge in [-0.3, -0.25) is 4.79 Å². The van der Waals surface area contributed by atoms with E-state index in [9.17, 15) is 4.79 Å². The molecule has 3 heterocycles. The maximum absolute atomic E-state index is 13.3. The predicted molar refractivity (Wildman–Crippen MR) is 119 cm³/mol. The van der Waals surface area contributed by atoms with Gasteiger partial charge in [0.1, 0.15) is 11.8 Å². The zero-order valence-corrected chi connectivity index (χ0v) is 18.1. The molecule has 1 unspecified atom stereocenters. The largest absolute Gasteiger partial charge is 0.467 e. The molecule has 156 valence electrons. The van der Waals surface area contributed by atoms with E-state index in [0.717, 1.165) is 35.5 Å². The molecule has 0 saturated carbocycles. The molecule has 1 amide bonds. The molecule has 8 heteroatoms. The van der Waals surface area contributed by atoms with Crippen molar-refractivity contribution in [1.29, 1.82) is 0 Å². The van der Waals surface area contributed by atoms with E-state index >= 15 is 0 Å². The molecule has 0 spiro atoms. The Hall–Kier alpha value is -3.00. The van der Waals surface area contributed by atoms with Gasteiger partial charge in [0.05, 0.1) is 11.8 Å². The second-order valence-corrected chi connectivity index (χ2v) is 8.28. The number of allylic oxidation sites excluding steroid dienone is 1. The van der Waals surface area contributed by atoms with Crippen molar-refractivity contribution in [3.05, 3.63) is 65.3 Å². The summed E-state index contributed by atoms with van der Waals surface area (Å²) in [7, 11) is 0. The summed E-state index contributed by atoms with van der Waals surface area (Å²) < 4.78 is 7.45. The van der Waals surface area contributed by atoms with E-state index in [1.807, 2.05) is 50.2 Å². The van der Waals surface area contributed by atoms with Gasteiger partial charge in [-0.05, 0) is 44.0 Å². The van der Waals surface area contributed by atoms with Crippen molar-refractivity contribution in [3.8, 4) is 0 Å². The van der Waals surface area contributed by atoms with E-state index in [1.54, 1.807) is 22.7 Å². The van der Waals surface area contributed by atoms with E-state index in [-0.39, 0.29) is 5.91 Å². The minimum absolute atomic E-state index is 0.197. The Balaban J connectivity index is 1.69. The molecule has 0 aliphatic carbocycles. The highest BCUT2D eigenvalue weighted by Crippen LogP contribution is 2.37. The summed E-state index contributed by atoms with van der Waals surface area (Å²) in [6.07, 6.45) is 3.83. The molecular weight excluding hydrogens is 398 g/mol. The van der Waals surface area contributed by atoms with Crippen molar-refractivity contribution >= 4 is 29.3 Å². The van der Waals surface area contributed by atoms with Gasteiger partial charge in [0.25, 0.3) is 5.91 Å². The lowest BCUT2D eigenvalue weighted by Crippen LogP contribution is -2.31. The molecule has 0 bridgehead atoms. The lowest BCUT2D eigenvalue weighted by atomic mass is 10.00. The minimum Gasteiger partial charge on any atom is -0.467 e. The summed E-state index contributed by atoms with van der Waals surface area (Å²) in [5.41, 5.74) is 3.06. The number of rotatable bonds is 7. The molecule has 3 aromatic rings. The van der Waals surface area contributed by atoms with E-state index < -0.39 is 6.04 Å². The summed E-state index contributed by atoms with van der Waals surface area (Å²) in [6.45, 7) is 6.01. The number of carbonyl (C=O) groups is 1. The molecule has 0 saturated heterocycles. The molecule has 1 atom stereocenters. The van der Waals surface area contributed by atoms with Gasteiger partial charge in [0, 0.05) is 17.1 Å². The number of aromatic nitrogens is 3. The maximum Gasteiger partial charge on any atom is 0.256 e. The van der Waals surface area contributed by atoms with Gasteiger partial charge in [-0.2, -0.15) is 4.98 Å². The smallest absolute Gasteiger partial charge is 0.256 e. The second kappa shape index (κ2) is 8.79. The Morgan fingerprint density at radius 2 is 2.10 bits per heavy atom. The molecule has 7 nitrogen and oxygen atoms in total. The second-order valence-electron chi connectivity index (χ2n) is 7.22. The first kappa shape index (κ1) is 20.3. The average molecular weight is 424 g/mol. The van der Waals surface area contributed by atoms with Crippen LogP contribution in [0.4, 0.5) is 11.6 Å². The molecule has 1 aliphatic rings. The molecule has 1 aromatic carbocycles. The third kappa shape index (κ3) is 4.00. The van der Waals surface area contributed by atoms with Crippen LogP contribution in [0, 0.1) is 6.92 Å². The number of para-hydroxylation sites is 1. The first-order valence-corrected chi connectivity index (χ1v) is 11.0. The van der Waals surface area contributed by atoms with Gasteiger partial charge in [-0.1, -0.05) is 43.3 Å². The van der Waals surface area contributed by atoms with Gasteiger partial charge in [-0.15, -0.1) is 5.10 Å². The zero-order valence-electron chi connectivity index (χ0n) is 17.3. The number of amides is 1. The quantitative estimate of drug-likeness (QED) is 0.411. The lowest BCUT2D eigenvalue weighted by Gasteiger charge is -2.27. The van der Waals surface area contributed by atoms with E-state index in [0.29, 0.717) is 22.4 Å². The van der Waals surface area contributed by atoms with Crippen molar-refractivity contribution in [2.75, 3.05) is 16.4 Å². The first-order valence-electron chi connectivity index (χ1n) is 10.1. The summed E-state index contributed by atoms with van der Waals surface area (Å²) in [5.74, 6) is 2.01. The van der Waals surface area contributed by atoms with Crippen LogP contribution in [0.2, 0.25) is 0 Å². The van der Waals surface area contributed by atoms with Crippen molar-refractivity contribution in [1.82, 2.24) is 14.8 Å². The van der Waals surface area contributed by atoms with Crippen LogP contribution in [0.25, 0.3) is 0 Å². The van der Waals surface area contributed by atoms with Gasteiger partial charge in [0.15, 0.2) is 0 Å². The van der Waals surface area contributed by atoms with Crippen LogP contribution in [0.5, 0.6) is 0 Å². The van der Waals surface area contributed by atoms with E-state index in [1.165, 1.54) is 0 Å². The van der Waals surface area contributed by atoms with Crippen LogP contribution in [-0.2, 0) is 4.79 Å². The standard InChI is InChI=1S/C22H25N5O2S/c1-4-5-13-30-22-25-21-23-15(3)18(19(27(21)26-22)17-11-8-12-29-17)20(28)24-16-10-7-6-9-14(16)2/h6-12,19H,4-5,13H2,1-3H3,(H,24,28)(H,23,25,26). The SMILES string of the molecule is CCCCSc1nc2n(n1)C(c1ccco1)C(C(=O)Nc1ccccc1C)=C(C)N2. The number of benzene rings is 1. The summed E-state index contributed by atoms with van der Waals surface area (Å²) in [5, 5.41) is 11.7. The molecule has 0 radical (unpaired) electrons. The number of nitrogens with one attached hydrogen (secondary N) is 2. The van der Waals surface area contributed by atoms with Crippen molar-refractivity contribution in [3.63, 3.8) is 0 Å². The number of furan rings is 1. The molecule has 30 heavy (non-hydrogen) atoms. The number of thioether (sulfide) groups is 1. The number of hydrogen-bond donors (Lipinski definition) is 2. The molecule has 0 fully saturated rings. The fourth-order valence-corrected chi connectivity index (χ4v) is 4.32. The van der Waals surface area contributed by atoms with Crippen LogP contribution in [0.3, 0.4) is 0 Å².